The van der Waals surface area contributed by atoms with E-state index < -0.39 is 0 Å². The van der Waals surface area contributed by atoms with E-state index in [0.29, 0.717) is 12.0 Å². The topological polar surface area (TPSA) is 27.7 Å². The lowest BCUT2D eigenvalue weighted by Crippen LogP contribution is -2.43. The molecule has 0 amide bonds. The maximum absolute atomic E-state index is 5.63. The number of likely N-dealkylation sites (N-methyl/N-ethyl adjacent to an activating group) is 2. The van der Waals surface area contributed by atoms with Gasteiger partial charge in [-0.25, -0.2) is 0 Å². The molecular formula is C14H31N3O. The second kappa shape index (κ2) is 8.86. The molecule has 1 rings (SSSR count). The second-order valence-electron chi connectivity index (χ2n) is 5.57. The van der Waals surface area contributed by atoms with Crippen molar-refractivity contribution in [3.8, 4) is 0 Å². The number of nitrogens with zero attached hydrogens (tertiary/aromatic N) is 2. The average Bonchev–Trinajstić information content (AvgIpc) is 2.74. The predicted octanol–water partition coefficient (Wildman–Crippen LogP) is 0.885. The zero-order valence-corrected chi connectivity index (χ0v) is 12.6. The van der Waals surface area contributed by atoms with E-state index in [1.165, 1.54) is 19.5 Å². The summed E-state index contributed by atoms with van der Waals surface area (Å²) in [6, 6.07) is 0.550. The van der Waals surface area contributed by atoms with Crippen molar-refractivity contribution in [2.75, 3.05) is 60.0 Å². The standard InChI is InChI=1S/C14H31N3O/c1-5-7-17(9-8-16(3)4)10-13-11-18-12-14(13)15-6-2/h13-15H,5-12H2,1-4H3. The fraction of sp³-hybridized carbons (Fsp3) is 1.00. The van der Waals surface area contributed by atoms with Gasteiger partial charge in [0.1, 0.15) is 0 Å². The highest BCUT2D eigenvalue weighted by molar-refractivity contribution is 4.83. The van der Waals surface area contributed by atoms with Crippen LogP contribution < -0.4 is 5.32 Å². The minimum Gasteiger partial charge on any atom is -0.379 e. The molecule has 1 N–H and O–H groups in total. The molecule has 0 aromatic rings. The molecule has 2 unspecified atom stereocenters. The van der Waals surface area contributed by atoms with E-state index in [1.807, 2.05) is 0 Å². The van der Waals surface area contributed by atoms with Crippen molar-refractivity contribution in [1.82, 2.24) is 15.1 Å². The van der Waals surface area contributed by atoms with Crippen LogP contribution >= 0.6 is 0 Å². The smallest absolute Gasteiger partial charge is 0.0623 e. The fourth-order valence-corrected chi connectivity index (χ4v) is 2.55. The summed E-state index contributed by atoms with van der Waals surface area (Å²) < 4.78 is 5.63. The van der Waals surface area contributed by atoms with E-state index in [1.54, 1.807) is 0 Å². The summed E-state index contributed by atoms with van der Waals surface area (Å²) in [6.45, 7) is 11.9. The van der Waals surface area contributed by atoms with Gasteiger partial charge in [0.05, 0.1) is 13.2 Å². The first-order valence-corrected chi connectivity index (χ1v) is 7.35. The monoisotopic (exact) mass is 257 g/mol. The summed E-state index contributed by atoms with van der Waals surface area (Å²) in [7, 11) is 4.29. The number of hydrogen-bond acceptors (Lipinski definition) is 4. The maximum Gasteiger partial charge on any atom is 0.0623 e. The summed E-state index contributed by atoms with van der Waals surface area (Å²) in [4.78, 5) is 4.85. The zero-order chi connectivity index (χ0) is 13.4. The third-order valence-corrected chi connectivity index (χ3v) is 3.56. The van der Waals surface area contributed by atoms with Crippen LogP contribution in [0.5, 0.6) is 0 Å². The van der Waals surface area contributed by atoms with Crippen LogP contribution in [0.15, 0.2) is 0 Å². The van der Waals surface area contributed by atoms with Crippen LogP contribution in [0.1, 0.15) is 20.3 Å². The van der Waals surface area contributed by atoms with Crippen LogP contribution in [0.2, 0.25) is 0 Å². The molecule has 0 spiro atoms. The van der Waals surface area contributed by atoms with Gasteiger partial charge in [-0.2, -0.15) is 0 Å². The molecule has 0 aromatic heterocycles. The van der Waals surface area contributed by atoms with Crippen LogP contribution in [0.4, 0.5) is 0 Å². The Labute approximate surface area is 113 Å². The third-order valence-electron chi connectivity index (χ3n) is 3.56. The molecule has 0 aliphatic carbocycles. The Bertz CT molecular complexity index is 211. The summed E-state index contributed by atoms with van der Waals surface area (Å²) in [6.07, 6.45) is 1.23. The van der Waals surface area contributed by atoms with E-state index in [0.717, 1.165) is 32.8 Å². The van der Waals surface area contributed by atoms with Crippen molar-refractivity contribution in [2.45, 2.75) is 26.3 Å². The van der Waals surface area contributed by atoms with Crippen LogP contribution in [-0.4, -0.2) is 75.9 Å². The summed E-state index contributed by atoms with van der Waals surface area (Å²) in [5.41, 5.74) is 0. The normalized spacial score (nSPS) is 24.3. The molecule has 4 heteroatoms. The van der Waals surface area contributed by atoms with Gasteiger partial charge in [0.2, 0.25) is 0 Å². The van der Waals surface area contributed by atoms with Gasteiger partial charge < -0.3 is 19.9 Å². The number of nitrogens with one attached hydrogen (secondary N) is 1. The molecule has 0 radical (unpaired) electrons. The average molecular weight is 257 g/mol. The van der Waals surface area contributed by atoms with Gasteiger partial charge in [0.15, 0.2) is 0 Å². The van der Waals surface area contributed by atoms with Crippen molar-refractivity contribution in [3.63, 3.8) is 0 Å². The molecule has 0 aromatic carbocycles. The molecule has 1 heterocycles. The third kappa shape index (κ3) is 5.65. The highest BCUT2D eigenvalue weighted by Gasteiger charge is 2.28. The Balaban J connectivity index is 2.38. The zero-order valence-electron chi connectivity index (χ0n) is 12.6. The fourth-order valence-electron chi connectivity index (χ4n) is 2.55. The number of rotatable bonds is 9. The highest BCUT2D eigenvalue weighted by Crippen LogP contribution is 2.15. The molecule has 108 valence electrons. The Morgan fingerprint density at radius 3 is 2.50 bits per heavy atom. The minimum atomic E-state index is 0.550. The predicted molar refractivity (Wildman–Crippen MR) is 77.1 cm³/mol. The quantitative estimate of drug-likeness (QED) is 0.664. The largest absolute Gasteiger partial charge is 0.379 e. The Morgan fingerprint density at radius 2 is 1.89 bits per heavy atom. The first-order chi connectivity index (χ1) is 8.67. The van der Waals surface area contributed by atoms with Crippen molar-refractivity contribution in [3.05, 3.63) is 0 Å². The SMILES string of the molecule is CCCN(CCN(C)C)CC1COCC1NCC. The van der Waals surface area contributed by atoms with E-state index in [4.69, 9.17) is 4.74 Å². The van der Waals surface area contributed by atoms with Gasteiger partial charge in [-0.1, -0.05) is 13.8 Å². The van der Waals surface area contributed by atoms with Gasteiger partial charge in [-0.05, 0) is 33.6 Å². The second-order valence-corrected chi connectivity index (χ2v) is 5.57. The molecule has 1 aliphatic rings. The van der Waals surface area contributed by atoms with Crippen LogP contribution in [0.25, 0.3) is 0 Å². The molecule has 0 saturated carbocycles. The van der Waals surface area contributed by atoms with Crippen molar-refractivity contribution in [1.29, 1.82) is 0 Å². The lowest BCUT2D eigenvalue weighted by Gasteiger charge is -2.28. The van der Waals surface area contributed by atoms with E-state index in [9.17, 15) is 0 Å². The molecule has 1 aliphatic heterocycles. The van der Waals surface area contributed by atoms with E-state index in [2.05, 4.69) is 43.1 Å². The summed E-state index contributed by atoms with van der Waals surface area (Å²) in [5, 5.41) is 3.54. The molecule has 2 atom stereocenters. The van der Waals surface area contributed by atoms with E-state index >= 15 is 0 Å². The van der Waals surface area contributed by atoms with Crippen LogP contribution in [0.3, 0.4) is 0 Å². The first-order valence-electron chi connectivity index (χ1n) is 7.35. The highest BCUT2D eigenvalue weighted by atomic mass is 16.5. The van der Waals surface area contributed by atoms with Gasteiger partial charge in [0.25, 0.3) is 0 Å². The molecule has 0 bridgehead atoms. The van der Waals surface area contributed by atoms with Crippen molar-refractivity contribution < 1.29 is 4.74 Å². The van der Waals surface area contributed by atoms with Gasteiger partial charge >= 0.3 is 0 Å². The van der Waals surface area contributed by atoms with Crippen molar-refractivity contribution >= 4 is 0 Å². The first kappa shape index (κ1) is 15.9. The Hall–Kier alpha value is -0.160. The minimum absolute atomic E-state index is 0.550. The number of hydrogen-bond donors (Lipinski definition) is 1. The van der Waals surface area contributed by atoms with E-state index in [-0.39, 0.29) is 0 Å². The lowest BCUT2D eigenvalue weighted by molar-refractivity contribution is 0.162. The van der Waals surface area contributed by atoms with Gasteiger partial charge in [-0.15, -0.1) is 0 Å². The Kier molecular flexibility index (Phi) is 7.82. The molecule has 18 heavy (non-hydrogen) atoms. The number of ether oxygens (including phenoxy) is 1. The summed E-state index contributed by atoms with van der Waals surface area (Å²) >= 11 is 0. The van der Waals surface area contributed by atoms with Crippen LogP contribution in [-0.2, 0) is 4.74 Å². The summed E-state index contributed by atoms with van der Waals surface area (Å²) in [5.74, 6) is 0.652. The van der Waals surface area contributed by atoms with Crippen molar-refractivity contribution in [2.24, 2.45) is 5.92 Å². The van der Waals surface area contributed by atoms with Crippen LogP contribution in [0, 0.1) is 5.92 Å². The molecule has 1 saturated heterocycles. The lowest BCUT2D eigenvalue weighted by atomic mass is 10.0. The molecule has 4 nitrogen and oxygen atoms in total. The Morgan fingerprint density at radius 1 is 1.11 bits per heavy atom. The molecule has 1 fully saturated rings. The maximum atomic E-state index is 5.63. The molecular weight excluding hydrogens is 226 g/mol. The van der Waals surface area contributed by atoms with Gasteiger partial charge in [0, 0.05) is 31.6 Å². The van der Waals surface area contributed by atoms with Gasteiger partial charge in [-0.3, -0.25) is 0 Å².